The molecule has 0 saturated carbocycles. The summed E-state index contributed by atoms with van der Waals surface area (Å²) in [5.74, 6) is 0.0326. The van der Waals surface area contributed by atoms with Crippen LogP contribution in [-0.2, 0) is 39.1 Å². The molecule has 1 radical (unpaired) electrons. The van der Waals surface area contributed by atoms with E-state index in [0.29, 0.717) is 17.0 Å². The molecule has 0 spiro atoms. The zero-order valence-electron chi connectivity index (χ0n) is 11.2. The third-order valence-corrected chi connectivity index (χ3v) is 2.63. The van der Waals surface area contributed by atoms with Crippen LogP contribution in [0.25, 0.3) is 0 Å². The van der Waals surface area contributed by atoms with Gasteiger partial charge in [0.15, 0.2) is 0 Å². The molecule has 0 heterocycles. The molecule has 0 saturated heterocycles. The maximum Gasteiger partial charge on any atom is 0.144 e. The Bertz CT molecular complexity index is 497. The molecule has 2 rings (SSSR count). The molecule has 0 N–H and O–H groups in total. The average molecular weight is 349 g/mol. The first kappa shape index (κ1) is 18.5. The number of hydrogen-bond donors (Lipinski definition) is 0. The summed E-state index contributed by atoms with van der Waals surface area (Å²) in [6, 6.07) is 17.5. The van der Waals surface area contributed by atoms with Gasteiger partial charge in [0.1, 0.15) is 5.78 Å². The molecule has 0 aliphatic carbocycles. The van der Waals surface area contributed by atoms with E-state index < -0.39 is 0 Å². The molecule has 19 heavy (non-hydrogen) atoms. The van der Waals surface area contributed by atoms with Crippen LogP contribution < -0.4 is 0 Å². The monoisotopic (exact) mass is 348 g/mol. The van der Waals surface area contributed by atoms with Crippen LogP contribution in [0.4, 0.5) is 0 Å². The fourth-order valence-electron chi connectivity index (χ4n) is 1.51. The van der Waals surface area contributed by atoms with Gasteiger partial charge >= 0.3 is 0 Å². The van der Waals surface area contributed by atoms with E-state index in [2.05, 4.69) is 6.07 Å². The zero-order chi connectivity index (χ0) is 13.4. The minimum Gasteiger partial charge on any atom is -0.296 e. The molecule has 2 aromatic rings. The summed E-state index contributed by atoms with van der Waals surface area (Å²) in [7, 11) is 0. The quantitative estimate of drug-likeness (QED) is 0.586. The fourth-order valence-corrected chi connectivity index (χ4v) is 1.74. The van der Waals surface area contributed by atoms with E-state index in [9.17, 15) is 4.79 Å². The Balaban J connectivity index is 0.00000103. The van der Waals surface area contributed by atoms with Gasteiger partial charge in [0, 0.05) is 39.1 Å². The number of Topliss-reactive ketones (excluding diaryl/α,β-unsaturated/α-hetero) is 1. The van der Waals surface area contributed by atoms with Crippen LogP contribution in [0.2, 0.25) is 5.02 Å². The van der Waals surface area contributed by atoms with Gasteiger partial charge in [0.05, 0.1) is 0 Å². The molecule has 1 nitrogen and oxygen atoms in total. The van der Waals surface area contributed by atoms with Crippen LogP contribution in [0, 0.1) is 6.07 Å². The molecule has 0 aliphatic rings. The van der Waals surface area contributed by atoms with E-state index in [-0.39, 0.29) is 38.5 Å². The SMILES string of the molecule is CC.O=C(Cc1ccccc1)c1cc[c-]cc1Cl.[Y]. The molecule has 3 heteroatoms. The van der Waals surface area contributed by atoms with Gasteiger partial charge in [0.25, 0.3) is 0 Å². The Kier molecular flexibility index (Phi) is 10.0. The topological polar surface area (TPSA) is 17.1 Å². The Labute approximate surface area is 145 Å². The molecule has 0 amide bonds. The van der Waals surface area contributed by atoms with Crippen molar-refractivity contribution in [3.8, 4) is 0 Å². The van der Waals surface area contributed by atoms with Gasteiger partial charge in [0.2, 0.25) is 0 Å². The van der Waals surface area contributed by atoms with Crippen LogP contribution in [0.15, 0.2) is 48.5 Å². The normalized spacial score (nSPS) is 8.79. The third-order valence-electron chi connectivity index (χ3n) is 2.32. The van der Waals surface area contributed by atoms with Crippen molar-refractivity contribution in [1.29, 1.82) is 0 Å². The van der Waals surface area contributed by atoms with Crippen molar-refractivity contribution in [3.05, 3.63) is 70.7 Å². The number of halogens is 1. The molecule has 2 aromatic carbocycles. The summed E-state index contributed by atoms with van der Waals surface area (Å²) >= 11 is 5.93. The van der Waals surface area contributed by atoms with Crippen LogP contribution in [-0.4, -0.2) is 5.78 Å². The van der Waals surface area contributed by atoms with E-state index >= 15 is 0 Å². The molecule has 0 atom stereocenters. The molecule has 0 unspecified atom stereocenters. The van der Waals surface area contributed by atoms with Crippen molar-refractivity contribution >= 4 is 17.4 Å². The van der Waals surface area contributed by atoms with Crippen molar-refractivity contribution in [2.75, 3.05) is 0 Å². The molecule has 97 valence electrons. The molecule has 0 aliphatic heterocycles. The van der Waals surface area contributed by atoms with Crippen molar-refractivity contribution in [2.45, 2.75) is 20.3 Å². The van der Waals surface area contributed by atoms with Gasteiger partial charge in [-0.1, -0.05) is 54.8 Å². The Morgan fingerprint density at radius 3 is 2.37 bits per heavy atom. The predicted octanol–water partition coefficient (Wildman–Crippen LogP) is 4.59. The van der Waals surface area contributed by atoms with Crippen molar-refractivity contribution < 1.29 is 37.5 Å². The number of carbonyl (C=O) groups is 1. The van der Waals surface area contributed by atoms with Gasteiger partial charge in [-0.3, -0.25) is 4.79 Å². The van der Waals surface area contributed by atoms with Crippen molar-refractivity contribution in [2.24, 2.45) is 0 Å². The van der Waals surface area contributed by atoms with Gasteiger partial charge in [-0.25, -0.2) is 0 Å². The van der Waals surface area contributed by atoms with Gasteiger partial charge in [-0.15, -0.1) is 0 Å². The Morgan fingerprint density at radius 1 is 1.16 bits per heavy atom. The third kappa shape index (κ3) is 5.99. The maximum absolute atomic E-state index is 11.9. The summed E-state index contributed by atoms with van der Waals surface area (Å²) in [6.07, 6.45) is 0.380. The minimum atomic E-state index is 0. The molecule has 0 aromatic heterocycles. The number of benzene rings is 2. The smallest absolute Gasteiger partial charge is 0.144 e. The summed E-state index contributed by atoms with van der Waals surface area (Å²) in [6.45, 7) is 4.00. The number of carbonyl (C=O) groups excluding carboxylic acids is 1. The van der Waals surface area contributed by atoms with E-state index in [4.69, 9.17) is 11.6 Å². The van der Waals surface area contributed by atoms with Crippen LogP contribution in [0.5, 0.6) is 0 Å². The molecular formula is C16H16ClOY-. The number of rotatable bonds is 3. The first-order valence-electron chi connectivity index (χ1n) is 6.00. The van der Waals surface area contributed by atoms with Crippen molar-refractivity contribution in [3.63, 3.8) is 0 Å². The van der Waals surface area contributed by atoms with Crippen molar-refractivity contribution in [1.82, 2.24) is 0 Å². The van der Waals surface area contributed by atoms with Gasteiger partial charge in [-0.05, 0) is 5.56 Å². The Hall–Kier alpha value is -0.496. The molecule has 0 bridgehead atoms. The van der Waals surface area contributed by atoms with Crippen LogP contribution in [0.1, 0.15) is 29.8 Å². The zero-order valence-corrected chi connectivity index (χ0v) is 14.8. The first-order chi connectivity index (χ1) is 8.77. The molecule has 0 fully saturated rings. The van der Waals surface area contributed by atoms with Crippen LogP contribution >= 0.6 is 11.6 Å². The second-order valence-corrected chi connectivity index (χ2v) is 3.90. The summed E-state index contributed by atoms with van der Waals surface area (Å²) in [4.78, 5) is 11.9. The second kappa shape index (κ2) is 10.3. The minimum absolute atomic E-state index is 0. The second-order valence-electron chi connectivity index (χ2n) is 3.49. The fraction of sp³-hybridized carbons (Fsp3) is 0.188. The summed E-state index contributed by atoms with van der Waals surface area (Å²) in [5.41, 5.74) is 1.56. The summed E-state index contributed by atoms with van der Waals surface area (Å²) in [5, 5.41) is 0.462. The summed E-state index contributed by atoms with van der Waals surface area (Å²) < 4.78 is 0. The number of ketones is 1. The van der Waals surface area contributed by atoms with E-state index in [1.54, 1.807) is 18.2 Å². The predicted molar refractivity (Wildman–Crippen MR) is 76.1 cm³/mol. The Morgan fingerprint density at radius 2 is 1.79 bits per heavy atom. The van der Waals surface area contributed by atoms with Gasteiger partial charge in [-0.2, -0.15) is 35.9 Å². The standard InChI is InChI=1S/C14H10ClO.C2H6.Y/c15-13-9-5-4-8-12(13)14(16)10-11-6-2-1-3-7-11;1-2;/h1-4,6-9H,10H2;1-2H3;/q-1;;. The first-order valence-corrected chi connectivity index (χ1v) is 6.38. The molecular weight excluding hydrogens is 333 g/mol. The maximum atomic E-state index is 11.9. The number of hydrogen-bond acceptors (Lipinski definition) is 1. The van der Waals surface area contributed by atoms with E-state index in [1.165, 1.54) is 0 Å². The van der Waals surface area contributed by atoms with E-state index in [0.717, 1.165) is 5.56 Å². The van der Waals surface area contributed by atoms with E-state index in [1.807, 2.05) is 44.2 Å². The van der Waals surface area contributed by atoms with Gasteiger partial charge < -0.3 is 0 Å². The largest absolute Gasteiger partial charge is 0.296 e. The average Bonchev–Trinajstić information content (AvgIpc) is 2.42. The van der Waals surface area contributed by atoms with Crippen LogP contribution in [0.3, 0.4) is 0 Å².